The van der Waals surface area contributed by atoms with Gasteiger partial charge in [-0.05, 0) is 59.0 Å². The van der Waals surface area contributed by atoms with Crippen LogP contribution in [0.25, 0.3) is 6.08 Å². The summed E-state index contributed by atoms with van der Waals surface area (Å²) in [4.78, 5) is 0. The molecule has 2 heterocycles. The van der Waals surface area contributed by atoms with Crippen molar-refractivity contribution in [1.82, 2.24) is 20.2 Å². The molecule has 7 heteroatoms. The predicted molar refractivity (Wildman–Crippen MR) is 101 cm³/mol. The van der Waals surface area contributed by atoms with Crippen molar-refractivity contribution in [2.24, 2.45) is 0 Å². The zero-order valence-corrected chi connectivity index (χ0v) is 14.9. The van der Waals surface area contributed by atoms with E-state index in [4.69, 9.17) is 0 Å². The summed E-state index contributed by atoms with van der Waals surface area (Å²) in [5.41, 5.74) is 3.91. The van der Waals surface area contributed by atoms with Crippen LogP contribution in [0.15, 0.2) is 65.4 Å². The van der Waals surface area contributed by atoms with E-state index in [0.717, 1.165) is 36.1 Å². The average Bonchev–Trinajstić information content (AvgIpc) is 3.17. The van der Waals surface area contributed by atoms with Gasteiger partial charge in [0.2, 0.25) is 5.95 Å². The van der Waals surface area contributed by atoms with Gasteiger partial charge in [-0.3, -0.25) is 0 Å². The number of hydrogen-bond acceptors (Lipinski definition) is 4. The highest BCUT2D eigenvalue weighted by atomic mass is 19.1. The number of rotatable bonds is 2. The van der Waals surface area contributed by atoms with E-state index in [0.29, 0.717) is 17.1 Å². The molecule has 0 bridgehead atoms. The fraction of sp³-hybridized carbons (Fsp3) is 0.190. The summed E-state index contributed by atoms with van der Waals surface area (Å²) in [6, 6.07) is 12.9. The van der Waals surface area contributed by atoms with Crippen LogP contribution in [0.1, 0.15) is 36.4 Å². The van der Waals surface area contributed by atoms with E-state index in [2.05, 4.69) is 20.8 Å². The molecule has 1 aromatic heterocycles. The molecule has 0 saturated heterocycles. The van der Waals surface area contributed by atoms with Crippen LogP contribution in [0.4, 0.5) is 14.7 Å². The van der Waals surface area contributed by atoms with Gasteiger partial charge in [0.15, 0.2) is 0 Å². The molecule has 3 aromatic rings. The van der Waals surface area contributed by atoms with Crippen LogP contribution in [0, 0.1) is 11.6 Å². The molecule has 0 fully saturated rings. The van der Waals surface area contributed by atoms with Crippen molar-refractivity contribution >= 4 is 12.0 Å². The molecular weight excluding hydrogens is 360 g/mol. The minimum absolute atomic E-state index is 0.269. The molecule has 140 valence electrons. The number of halogens is 2. The molecule has 0 spiro atoms. The SMILES string of the molecule is Fc1ccccc1C=C1CCCC2=C1Nc1nnnn1[C@H]2c1ccccc1F. The van der Waals surface area contributed by atoms with E-state index in [1.807, 2.05) is 18.2 Å². The van der Waals surface area contributed by atoms with E-state index in [1.165, 1.54) is 12.1 Å². The Morgan fingerprint density at radius 3 is 2.61 bits per heavy atom. The number of nitrogens with zero attached hydrogens (tertiary/aromatic N) is 4. The lowest BCUT2D eigenvalue weighted by Crippen LogP contribution is -2.28. The summed E-state index contributed by atoms with van der Waals surface area (Å²) < 4.78 is 30.4. The van der Waals surface area contributed by atoms with Crippen molar-refractivity contribution in [2.75, 3.05) is 5.32 Å². The summed E-state index contributed by atoms with van der Waals surface area (Å²) in [6.45, 7) is 0. The number of anilines is 1. The van der Waals surface area contributed by atoms with E-state index in [1.54, 1.807) is 28.9 Å². The Morgan fingerprint density at radius 1 is 1.00 bits per heavy atom. The lowest BCUT2D eigenvalue weighted by Gasteiger charge is -2.34. The lowest BCUT2D eigenvalue weighted by molar-refractivity contribution is 0.497. The quantitative estimate of drug-likeness (QED) is 0.715. The number of allylic oxidation sites excluding steroid dienone is 2. The molecule has 0 unspecified atom stereocenters. The van der Waals surface area contributed by atoms with Crippen molar-refractivity contribution in [1.29, 1.82) is 0 Å². The number of aromatic nitrogens is 4. The maximum Gasteiger partial charge on any atom is 0.248 e. The van der Waals surface area contributed by atoms with E-state index < -0.39 is 6.04 Å². The molecule has 28 heavy (non-hydrogen) atoms. The molecule has 1 atom stereocenters. The van der Waals surface area contributed by atoms with Gasteiger partial charge >= 0.3 is 0 Å². The Labute approximate surface area is 160 Å². The monoisotopic (exact) mass is 377 g/mol. The molecule has 2 aliphatic rings. The van der Waals surface area contributed by atoms with Crippen LogP contribution >= 0.6 is 0 Å². The first-order chi connectivity index (χ1) is 13.7. The molecule has 0 saturated carbocycles. The Bertz CT molecular complexity index is 1120. The van der Waals surface area contributed by atoms with Crippen LogP contribution in [-0.2, 0) is 0 Å². The average molecular weight is 377 g/mol. The second-order valence-corrected chi connectivity index (χ2v) is 6.94. The maximum atomic E-state index is 14.6. The van der Waals surface area contributed by atoms with Gasteiger partial charge in [-0.25, -0.2) is 8.78 Å². The molecule has 5 nitrogen and oxygen atoms in total. The van der Waals surface area contributed by atoms with Crippen LogP contribution in [0.5, 0.6) is 0 Å². The van der Waals surface area contributed by atoms with Gasteiger partial charge in [0, 0.05) is 16.8 Å². The second-order valence-electron chi connectivity index (χ2n) is 6.94. The van der Waals surface area contributed by atoms with Gasteiger partial charge < -0.3 is 5.32 Å². The van der Waals surface area contributed by atoms with Crippen molar-refractivity contribution in [3.8, 4) is 0 Å². The summed E-state index contributed by atoms with van der Waals surface area (Å²) >= 11 is 0. The minimum atomic E-state index is -0.424. The first kappa shape index (κ1) is 16.8. The smallest absolute Gasteiger partial charge is 0.248 e. The van der Waals surface area contributed by atoms with Crippen molar-refractivity contribution in [3.05, 3.63) is 88.1 Å². The van der Waals surface area contributed by atoms with Crippen LogP contribution in [-0.4, -0.2) is 20.2 Å². The highest BCUT2D eigenvalue weighted by Crippen LogP contribution is 2.43. The fourth-order valence-corrected chi connectivity index (χ4v) is 4.01. The lowest BCUT2D eigenvalue weighted by atomic mass is 9.83. The Morgan fingerprint density at radius 2 is 1.79 bits per heavy atom. The van der Waals surface area contributed by atoms with Gasteiger partial charge in [0.1, 0.15) is 17.7 Å². The summed E-state index contributed by atoms with van der Waals surface area (Å²) in [5, 5.41) is 15.2. The predicted octanol–water partition coefficient (Wildman–Crippen LogP) is 4.49. The molecule has 1 aliphatic heterocycles. The van der Waals surface area contributed by atoms with Gasteiger partial charge in [-0.15, -0.1) is 0 Å². The Balaban J connectivity index is 1.68. The Hall–Kier alpha value is -3.35. The van der Waals surface area contributed by atoms with Gasteiger partial charge in [0.25, 0.3) is 0 Å². The molecule has 2 aromatic carbocycles. The van der Waals surface area contributed by atoms with E-state index in [9.17, 15) is 8.78 Å². The zero-order chi connectivity index (χ0) is 19.1. The normalized spacial score (nSPS) is 19.9. The third-order valence-corrected chi connectivity index (χ3v) is 5.27. The highest BCUT2D eigenvalue weighted by molar-refractivity contribution is 5.65. The summed E-state index contributed by atoms with van der Waals surface area (Å²) in [6.07, 6.45) is 4.33. The summed E-state index contributed by atoms with van der Waals surface area (Å²) in [7, 11) is 0. The van der Waals surface area contributed by atoms with Crippen LogP contribution in [0.3, 0.4) is 0 Å². The molecule has 0 radical (unpaired) electrons. The molecule has 1 N–H and O–H groups in total. The van der Waals surface area contributed by atoms with Crippen LogP contribution in [0.2, 0.25) is 0 Å². The van der Waals surface area contributed by atoms with E-state index in [-0.39, 0.29) is 11.6 Å². The second kappa shape index (κ2) is 6.67. The molecule has 5 rings (SSSR count). The fourth-order valence-electron chi connectivity index (χ4n) is 4.01. The zero-order valence-electron chi connectivity index (χ0n) is 14.9. The number of tetrazole rings is 1. The van der Waals surface area contributed by atoms with Crippen LogP contribution < -0.4 is 5.32 Å². The number of hydrogen-bond donors (Lipinski definition) is 1. The largest absolute Gasteiger partial charge is 0.323 e. The Kier molecular flexibility index (Phi) is 4.00. The van der Waals surface area contributed by atoms with Crippen molar-refractivity contribution in [2.45, 2.75) is 25.3 Å². The highest BCUT2D eigenvalue weighted by Gasteiger charge is 2.35. The minimum Gasteiger partial charge on any atom is -0.323 e. The molecular formula is C21H17F2N5. The molecule has 1 aliphatic carbocycles. The third kappa shape index (κ3) is 2.70. The van der Waals surface area contributed by atoms with Crippen molar-refractivity contribution in [3.63, 3.8) is 0 Å². The van der Waals surface area contributed by atoms with Crippen molar-refractivity contribution < 1.29 is 8.78 Å². The first-order valence-corrected chi connectivity index (χ1v) is 9.20. The number of fused-ring (bicyclic) bond motifs is 1. The standard InChI is InChI=1S/C21H17F2N5/c22-17-10-3-1-6-13(17)12-14-7-5-9-16-19(14)24-21-25-26-27-28(21)20(16)15-8-2-4-11-18(15)23/h1-4,6,8,10-12,20H,5,7,9H2,(H,24,25,27)/t20-/m0/s1. The summed E-state index contributed by atoms with van der Waals surface area (Å²) in [5.74, 6) is -0.115. The van der Waals surface area contributed by atoms with Gasteiger partial charge in [-0.1, -0.05) is 41.5 Å². The third-order valence-electron chi connectivity index (χ3n) is 5.27. The maximum absolute atomic E-state index is 14.6. The van der Waals surface area contributed by atoms with Gasteiger partial charge in [0.05, 0.1) is 0 Å². The first-order valence-electron chi connectivity index (χ1n) is 9.20. The topological polar surface area (TPSA) is 55.6 Å². The number of nitrogens with one attached hydrogen (secondary N) is 1. The van der Waals surface area contributed by atoms with Gasteiger partial charge in [-0.2, -0.15) is 4.68 Å². The number of benzene rings is 2. The molecule has 0 amide bonds. The van der Waals surface area contributed by atoms with E-state index >= 15 is 0 Å².